The maximum atomic E-state index is 12.8. The summed E-state index contributed by atoms with van der Waals surface area (Å²) in [4.78, 5) is 27.3. The lowest BCUT2D eigenvalue weighted by Crippen LogP contribution is -2.12. The molecular formula is C18H14ClNO4. The van der Waals surface area contributed by atoms with E-state index < -0.39 is 11.9 Å². The topological polar surface area (TPSA) is 90.4 Å². The number of carboxylic acids is 1. The van der Waals surface area contributed by atoms with Crippen molar-refractivity contribution in [1.82, 2.24) is 4.98 Å². The molecule has 0 bridgehead atoms. The molecule has 0 spiro atoms. The van der Waals surface area contributed by atoms with Crippen LogP contribution in [-0.4, -0.2) is 26.9 Å². The van der Waals surface area contributed by atoms with Gasteiger partial charge in [0, 0.05) is 27.1 Å². The Labute approximate surface area is 142 Å². The maximum Gasteiger partial charge on any atom is 0.310 e. The van der Waals surface area contributed by atoms with Crippen molar-refractivity contribution < 1.29 is 19.8 Å². The number of fused-ring (bicyclic) bond motifs is 1. The zero-order valence-corrected chi connectivity index (χ0v) is 13.5. The average Bonchev–Trinajstić information content (AvgIpc) is 2.92. The first-order chi connectivity index (χ1) is 11.4. The number of carboxylic acid groups (broad SMARTS) is 1. The van der Waals surface area contributed by atoms with Gasteiger partial charge in [-0.3, -0.25) is 9.59 Å². The third-order valence-electron chi connectivity index (χ3n) is 3.96. The van der Waals surface area contributed by atoms with E-state index in [9.17, 15) is 19.8 Å². The van der Waals surface area contributed by atoms with Gasteiger partial charge >= 0.3 is 5.97 Å². The van der Waals surface area contributed by atoms with Crippen molar-refractivity contribution in [2.75, 3.05) is 0 Å². The Balaban J connectivity index is 2.22. The quantitative estimate of drug-likeness (QED) is 0.626. The lowest BCUT2D eigenvalue weighted by Gasteiger charge is -2.09. The highest BCUT2D eigenvalue weighted by molar-refractivity contribution is 6.31. The van der Waals surface area contributed by atoms with Gasteiger partial charge in [0.05, 0.1) is 11.6 Å². The van der Waals surface area contributed by atoms with Crippen LogP contribution in [0.3, 0.4) is 0 Å². The Bertz CT molecular complexity index is 944. The number of nitrogens with one attached hydrogen (secondary N) is 1. The fourth-order valence-electron chi connectivity index (χ4n) is 2.70. The molecule has 6 heteroatoms. The molecule has 1 atom stereocenters. The molecule has 2 aromatic carbocycles. The van der Waals surface area contributed by atoms with Gasteiger partial charge in [-0.15, -0.1) is 0 Å². The van der Waals surface area contributed by atoms with Crippen LogP contribution < -0.4 is 0 Å². The van der Waals surface area contributed by atoms with E-state index in [0.29, 0.717) is 27.1 Å². The molecule has 3 N–H and O–H groups in total. The van der Waals surface area contributed by atoms with E-state index >= 15 is 0 Å². The highest BCUT2D eigenvalue weighted by Gasteiger charge is 2.26. The molecule has 1 unspecified atom stereocenters. The standard InChI is InChI=1S/C18H14ClNO4/c1-9(18(23)24)15-13-7-4-11(19)8-14(13)20-16(15)17(22)10-2-5-12(21)6-3-10/h2-9,20-21H,1H3,(H,23,24). The molecule has 1 aromatic heterocycles. The van der Waals surface area contributed by atoms with E-state index in [1.54, 1.807) is 18.2 Å². The van der Waals surface area contributed by atoms with Gasteiger partial charge in [-0.25, -0.2) is 0 Å². The molecule has 0 saturated carbocycles. The number of carbonyl (C=O) groups excluding carboxylic acids is 1. The summed E-state index contributed by atoms with van der Waals surface area (Å²) in [5.74, 6) is -2.18. The van der Waals surface area contributed by atoms with Crippen molar-refractivity contribution in [2.45, 2.75) is 12.8 Å². The summed E-state index contributed by atoms with van der Waals surface area (Å²) in [6, 6.07) is 10.8. The lowest BCUT2D eigenvalue weighted by atomic mass is 9.94. The molecule has 0 aliphatic rings. The summed E-state index contributed by atoms with van der Waals surface area (Å²) >= 11 is 5.99. The number of aromatic nitrogens is 1. The van der Waals surface area contributed by atoms with Crippen LogP contribution in [0.4, 0.5) is 0 Å². The number of aromatic amines is 1. The number of benzene rings is 2. The summed E-state index contributed by atoms with van der Waals surface area (Å²) in [7, 11) is 0. The Morgan fingerprint density at radius 2 is 1.79 bits per heavy atom. The molecule has 24 heavy (non-hydrogen) atoms. The van der Waals surface area contributed by atoms with Gasteiger partial charge in [0.1, 0.15) is 5.75 Å². The Kier molecular flexibility index (Phi) is 4.03. The minimum atomic E-state index is -1.02. The second-order valence-electron chi connectivity index (χ2n) is 5.54. The zero-order valence-electron chi connectivity index (χ0n) is 12.7. The molecule has 3 rings (SSSR count). The van der Waals surface area contributed by atoms with Crippen LogP contribution in [-0.2, 0) is 4.79 Å². The Morgan fingerprint density at radius 3 is 2.42 bits per heavy atom. The van der Waals surface area contributed by atoms with Crippen LogP contribution in [0.25, 0.3) is 10.9 Å². The van der Waals surface area contributed by atoms with Gasteiger partial charge in [0.2, 0.25) is 5.78 Å². The Morgan fingerprint density at radius 1 is 1.12 bits per heavy atom. The number of halogens is 1. The summed E-state index contributed by atoms with van der Waals surface area (Å²) in [5.41, 5.74) is 1.59. The average molecular weight is 344 g/mol. The summed E-state index contributed by atoms with van der Waals surface area (Å²) in [6.45, 7) is 1.53. The van der Waals surface area contributed by atoms with Gasteiger partial charge in [-0.05, 0) is 43.3 Å². The minimum absolute atomic E-state index is 0.0501. The molecule has 0 aliphatic carbocycles. The highest BCUT2D eigenvalue weighted by Crippen LogP contribution is 2.32. The number of rotatable bonds is 4. The largest absolute Gasteiger partial charge is 0.508 e. The summed E-state index contributed by atoms with van der Waals surface area (Å²) in [6.07, 6.45) is 0. The molecule has 0 amide bonds. The van der Waals surface area contributed by atoms with Gasteiger partial charge in [0.25, 0.3) is 0 Å². The van der Waals surface area contributed by atoms with Crippen molar-refractivity contribution in [3.8, 4) is 5.75 Å². The van der Waals surface area contributed by atoms with Crippen molar-refractivity contribution in [3.63, 3.8) is 0 Å². The maximum absolute atomic E-state index is 12.8. The molecular weight excluding hydrogens is 330 g/mol. The van der Waals surface area contributed by atoms with E-state index in [2.05, 4.69) is 4.98 Å². The molecule has 0 saturated heterocycles. The first-order valence-corrected chi connectivity index (χ1v) is 7.64. The fraction of sp³-hybridized carbons (Fsp3) is 0.111. The number of phenols is 1. The number of ketones is 1. The van der Waals surface area contributed by atoms with Crippen molar-refractivity contribution in [1.29, 1.82) is 0 Å². The predicted molar refractivity (Wildman–Crippen MR) is 90.9 cm³/mol. The van der Waals surface area contributed by atoms with Gasteiger partial charge in [-0.2, -0.15) is 0 Å². The minimum Gasteiger partial charge on any atom is -0.508 e. The van der Waals surface area contributed by atoms with Crippen LogP contribution in [0.15, 0.2) is 42.5 Å². The number of hydrogen-bond acceptors (Lipinski definition) is 3. The van der Waals surface area contributed by atoms with Crippen LogP contribution >= 0.6 is 11.6 Å². The normalized spacial score (nSPS) is 12.2. The number of aliphatic carboxylic acids is 1. The molecule has 1 heterocycles. The second-order valence-corrected chi connectivity index (χ2v) is 5.98. The van der Waals surface area contributed by atoms with E-state index in [-0.39, 0.29) is 17.2 Å². The SMILES string of the molecule is CC(C(=O)O)c1c(C(=O)c2ccc(O)cc2)[nH]c2cc(Cl)ccc12. The highest BCUT2D eigenvalue weighted by atomic mass is 35.5. The van der Waals surface area contributed by atoms with Gasteiger partial charge in [-0.1, -0.05) is 17.7 Å². The van der Waals surface area contributed by atoms with Crippen LogP contribution in [0.1, 0.15) is 34.5 Å². The predicted octanol–water partition coefficient (Wildman–Crippen LogP) is 3.95. The van der Waals surface area contributed by atoms with Crippen LogP contribution in [0, 0.1) is 0 Å². The van der Waals surface area contributed by atoms with Gasteiger partial charge < -0.3 is 15.2 Å². The molecule has 0 fully saturated rings. The number of carbonyl (C=O) groups is 2. The van der Waals surface area contributed by atoms with Gasteiger partial charge in [0.15, 0.2) is 0 Å². The fourth-order valence-corrected chi connectivity index (χ4v) is 2.87. The summed E-state index contributed by atoms with van der Waals surface area (Å²) < 4.78 is 0. The monoisotopic (exact) mass is 343 g/mol. The van der Waals surface area contributed by atoms with E-state index in [4.69, 9.17) is 11.6 Å². The lowest BCUT2D eigenvalue weighted by molar-refractivity contribution is -0.138. The molecule has 0 radical (unpaired) electrons. The Hall–Kier alpha value is -2.79. The van der Waals surface area contributed by atoms with Crippen molar-refractivity contribution in [2.24, 2.45) is 0 Å². The van der Waals surface area contributed by atoms with Crippen molar-refractivity contribution in [3.05, 3.63) is 64.3 Å². The van der Waals surface area contributed by atoms with Crippen molar-refractivity contribution >= 4 is 34.3 Å². The number of H-pyrrole nitrogens is 1. The van der Waals surface area contributed by atoms with E-state index in [1.807, 2.05) is 0 Å². The first kappa shape index (κ1) is 16.1. The molecule has 3 aromatic rings. The van der Waals surface area contributed by atoms with E-state index in [1.165, 1.54) is 31.2 Å². The number of aromatic hydroxyl groups is 1. The smallest absolute Gasteiger partial charge is 0.310 e. The summed E-state index contributed by atoms with van der Waals surface area (Å²) in [5, 5.41) is 19.9. The molecule has 5 nitrogen and oxygen atoms in total. The third-order valence-corrected chi connectivity index (χ3v) is 4.20. The second kappa shape index (κ2) is 6.02. The third kappa shape index (κ3) is 2.74. The van der Waals surface area contributed by atoms with Crippen LogP contribution in [0.5, 0.6) is 5.75 Å². The molecule has 122 valence electrons. The first-order valence-electron chi connectivity index (χ1n) is 7.26. The van der Waals surface area contributed by atoms with E-state index in [0.717, 1.165) is 0 Å². The van der Waals surface area contributed by atoms with Crippen LogP contribution in [0.2, 0.25) is 5.02 Å². The molecule has 0 aliphatic heterocycles. The number of phenolic OH excluding ortho intramolecular Hbond substituents is 1. The number of hydrogen-bond donors (Lipinski definition) is 3. The zero-order chi connectivity index (χ0) is 17.4.